The third-order valence-corrected chi connectivity index (χ3v) is 5.28. The minimum absolute atomic E-state index is 0.0617. The number of carbonyl (C=O) groups excluding carboxylic acids is 1. The maximum Gasteiger partial charge on any atom is 0.416 e. The second kappa shape index (κ2) is 7.53. The van der Waals surface area contributed by atoms with Crippen molar-refractivity contribution in [3.63, 3.8) is 0 Å². The zero-order chi connectivity index (χ0) is 19.9. The van der Waals surface area contributed by atoms with Crippen LogP contribution in [-0.2, 0) is 11.0 Å². The first-order chi connectivity index (χ1) is 13.3. The van der Waals surface area contributed by atoms with E-state index >= 15 is 0 Å². The summed E-state index contributed by atoms with van der Waals surface area (Å²) >= 11 is 6.07. The molecule has 2 saturated heterocycles. The van der Waals surface area contributed by atoms with Gasteiger partial charge in [-0.15, -0.1) is 0 Å². The molecule has 1 aromatic rings. The Labute approximate surface area is 164 Å². The summed E-state index contributed by atoms with van der Waals surface area (Å²) in [6.07, 6.45) is -2.74. The van der Waals surface area contributed by atoms with Gasteiger partial charge in [-0.25, -0.2) is 5.43 Å². The third-order valence-electron chi connectivity index (χ3n) is 4.98. The van der Waals surface area contributed by atoms with Gasteiger partial charge in [-0.2, -0.15) is 13.2 Å². The summed E-state index contributed by atoms with van der Waals surface area (Å²) in [5, 5.41) is 11.0. The Kier molecular flexibility index (Phi) is 5.23. The van der Waals surface area contributed by atoms with Crippen molar-refractivity contribution < 1.29 is 18.0 Å². The Bertz CT molecular complexity index is 794. The molecule has 1 amide bonds. The highest BCUT2D eigenvalue weighted by Crippen LogP contribution is 2.36. The maximum atomic E-state index is 12.8. The molecule has 0 bridgehead atoms. The second-order valence-corrected chi connectivity index (χ2v) is 7.27. The van der Waals surface area contributed by atoms with Crippen LogP contribution < -0.4 is 26.4 Å². The van der Waals surface area contributed by atoms with E-state index in [1.165, 1.54) is 11.1 Å². The zero-order valence-corrected chi connectivity index (χ0v) is 15.6. The third kappa shape index (κ3) is 3.83. The Hall–Kier alpha value is -1.85. The highest BCUT2D eigenvalue weighted by molar-refractivity contribution is 6.33. The van der Waals surface area contributed by atoms with Gasteiger partial charge in [0.1, 0.15) is 12.5 Å². The van der Waals surface area contributed by atoms with Crippen molar-refractivity contribution in [3.8, 4) is 0 Å². The number of hydrogen-bond acceptors (Lipinski definition) is 6. The molecular formula is C17H20ClF3N6O. The minimum Gasteiger partial charge on any atom is -0.324 e. The molecule has 4 N–H and O–H groups in total. The summed E-state index contributed by atoms with van der Waals surface area (Å²) in [5.41, 5.74) is 3.04. The maximum absolute atomic E-state index is 12.8. The lowest BCUT2D eigenvalue weighted by molar-refractivity contribution is -0.137. The highest BCUT2D eigenvalue weighted by Gasteiger charge is 2.39. The number of halogens is 4. The molecule has 0 aromatic heterocycles. The highest BCUT2D eigenvalue weighted by atomic mass is 35.5. The Balaban J connectivity index is 1.50. The molecule has 3 aliphatic heterocycles. The van der Waals surface area contributed by atoms with Gasteiger partial charge in [0.05, 0.1) is 21.8 Å². The molecule has 0 aliphatic carbocycles. The number of nitrogens with zero attached hydrogens (tertiary/aromatic N) is 2. The van der Waals surface area contributed by atoms with Crippen LogP contribution in [-0.4, -0.2) is 49.4 Å². The summed E-state index contributed by atoms with van der Waals surface area (Å²) in [5.74, 6) is -0.232. The standard InChI is InChI=1S/C17H20ClF3N6O/c18-12-8-10(17(19,20)21)2-3-13(12)27-9-11-14(25-27)23-16(24-15(11)28)26-6-1-4-22-5-7-26/h2-3,8-9,14,16,22-23,25H,1,4-7H2,(H,24,28). The number of carbonyl (C=O) groups is 1. The van der Waals surface area contributed by atoms with Crippen molar-refractivity contribution in [2.75, 3.05) is 31.2 Å². The van der Waals surface area contributed by atoms with E-state index in [2.05, 4.69) is 26.3 Å². The van der Waals surface area contributed by atoms with E-state index in [4.69, 9.17) is 11.6 Å². The van der Waals surface area contributed by atoms with Crippen LogP contribution in [0.4, 0.5) is 18.9 Å². The molecule has 2 unspecified atom stereocenters. The van der Waals surface area contributed by atoms with Crippen molar-refractivity contribution in [1.82, 2.24) is 26.3 Å². The van der Waals surface area contributed by atoms with Crippen molar-refractivity contribution in [2.24, 2.45) is 0 Å². The lowest BCUT2D eigenvalue weighted by Gasteiger charge is -2.38. The van der Waals surface area contributed by atoms with Crippen LogP contribution in [0.1, 0.15) is 12.0 Å². The molecule has 1 aromatic carbocycles. The normalized spacial score (nSPS) is 26.5. The molecular weight excluding hydrogens is 397 g/mol. The van der Waals surface area contributed by atoms with E-state index in [0.29, 0.717) is 11.3 Å². The van der Waals surface area contributed by atoms with E-state index < -0.39 is 17.9 Å². The molecule has 7 nitrogen and oxygen atoms in total. The van der Waals surface area contributed by atoms with Gasteiger partial charge in [0, 0.05) is 25.8 Å². The van der Waals surface area contributed by atoms with Crippen molar-refractivity contribution in [3.05, 3.63) is 40.6 Å². The monoisotopic (exact) mass is 416 g/mol. The molecule has 152 valence electrons. The molecule has 0 spiro atoms. The zero-order valence-electron chi connectivity index (χ0n) is 14.8. The van der Waals surface area contributed by atoms with Gasteiger partial charge in [0.25, 0.3) is 5.91 Å². The Morgan fingerprint density at radius 1 is 1.18 bits per heavy atom. The fourth-order valence-corrected chi connectivity index (χ4v) is 3.79. The van der Waals surface area contributed by atoms with Gasteiger partial charge in [0.15, 0.2) is 0 Å². The SMILES string of the molecule is O=C1NC(N2CCCNCC2)NC2NN(c3ccc(C(F)(F)F)cc3Cl)C=C12. The number of nitrogens with one attached hydrogen (secondary N) is 4. The molecule has 0 radical (unpaired) electrons. The van der Waals surface area contributed by atoms with E-state index in [9.17, 15) is 18.0 Å². The van der Waals surface area contributed by atoms with Crippen LogP contribution in [0.3, 0.4) is 0 Å². The van der Waals surface area contributed by atoms with Gasteiger partial charge in [-0.05, 0) is 31.2 Å². The number of hydrazine groups is 1. The predicted octanol–water partition coefficient (Wildman–Crippen LogP) is 1.19. The molecule has 2 atom stereocenters. The quantitative estimate of drug-likeness (QED) is 0.580. The smallest absolute Gasteiger partial charge is 0.324 e. The van der Waals surface area contributed by atoms with Gasteiger partial charge >= 0.3 is 6.18 Å². The predicted molar refractivity (Wildman–Crippen MR) is 98.1 cm³/mol. The van der Waals surface area contributed by atoms with Crippen LogP contribution in [0.2, 0.25) is 5.02 Å². The second-order valence-electron chi connectivity index (χ2n) is 6.86. The van der Waals surface area contributed by atoms with Crippen molar-refractivity contribution in [1.29, 1.82) is 0 Å². The van der Waals surface area contributed by atoms with Gasteiger partial charge in [-0.3, -0.25) is 20.0 Å². The van der Waals surface area contributed by atoms with E-state index in [-0.39, 0.29) is 17.2 Å². The van der Waals surface area contributed by atoms with Gasteiger partial charge in [0.2, 0.25) is 0 Å². The summed E-state index contributed by atoms with van der Waals surface area (Å²) in [4.78, 5) is 14.7. The largest absolute Gasteiger partial charge is 0.416 e. The van der Waals surface area contributed by atoms with Crippen LogP contribution in [0.5, 0.6) is 0 Å². The van der Waals surface area contributed by atoms with Gasteiger partial charge < -0.3 is 10.6 Å². The van der Waals surface area contributed by atoms with Crippen molar-refractivity contribution in [2.45, 2.75) is 25.1 Å². The first-order valence-corrected chi connectivity index (χ1v) is 9.36. The Morgan fingerprint density at radius 3 is 2.75 bits per heavy atom. The molecule has 2 fully saturated rings. The number of benzene rings is 1. The number of anilines is 1. The van der Waals surface area contributed by atoms with Crippen LogP contribution in [0.25, 0.3) is 0 Å². The van der Waals surface area contributed by atoms with E-state index in [0.717, 1.165) is 44.7 Å². The van der Waals surface area contributed by atoms with Gasteiger partial charge in [-0.1, -0.05) is 11.6 Å². The minimum atomic E-state index is -4.47. The first-order valence-electron chi connectivity index (χ1n) is 8.98. The number of amides is 1. The van der Waals surface area contributed by atoms with E-state index in [1.54, 1.807) is 6.20 Å². The lowest BCUT2D eigenvalue weighted by Crippen LogP contribution is -2.67. The summed E-state index contributed by atoms with van der Waals surface area (Å²) in [6.45, 7) is 3.40. The fourth-order valence-electron chi connectivity index (χ4n) is 3.52. The summed E-state index contributed by atoms with van der Waals surface area (Å²) in [6, 6.07) is 3.12. The van der Waals surface area contributed by atoms with Crippen LogP contribution in [0.15, 0.2) is 30.0 Å². The molecule has 4 rings (SSSR count). The van der Waals surface area contributed by atoms with Crippen molar-refractivity contribution >= 4 is 23.2 Å². The topological polar surface area (TPSA) is 71.7 Å². The summed E-state index contributed by atoms with van der Waals surface area (Å²) in [7, 11) is 0. The average Bonchev–Trinajstić information content (AvgIpc) is 2.88. The molecule has 11 heteroatoms. The van der Waals surface area contributed by atoms with E-state index in [1.807, 2.05) is 0 Å². The number of fused-ring (bicyclic) bond motifs is 1. The lowest BCUT2D eigenvalue weighted by atomic mass is 10.1. The van der Waals surface area contributed by atoms with Crippen LogP contribution >= 0.6 is 11.6 Å². The first kappa shape index (κ1) is 19.5. The van der Waals surface area contributed by atoms with Crippen LogP contribution in [0, 0.1) is 0 Å². The Morgan fingerprint density at radius 2 is 2.00 bits per heavy atom. The number of rotatable bonds is 2. The molecule has 0 saturated carbocycles. The molecule has 3 heterocycles. The average molecular weight is 417 g/mol. The summed E-state index contributed by atoms with van der Waals surface area (Å²) < 4.78 is 38.5. The number of alkyl halides is 3. The number of hydrogen-bond donors (Lipinski definition) is 4. The fraction of sp³-hybridized carbons (Fsp3) is 0.471. The molecule has 3 aliphatic rings. The molecule has 28 heavy (non-hydrogen) atoms.